The zero-order valence-corrected chi connectivity index (χ0v) is 11.8. The third-order valence-corrected chi connectivity index (χ3v) is 3.07. The summed E-state index contributed by atoms with van der Waals surface area (Å²) in [5.41, 5.74) is 6.16. The summed E-state index contributed by atoms with van der Waals surface area (Å²) < 4.78 is 5.04. The molecule has 1 unspecified atom stereocenters. The van der Waals surface area contributed by atoms with Crippen LogP contribution < -0.4 is 15.6 Å². The number of methoxy groups -OCH3 is 1. The topological polar surface area (TPSA) is 92.1 Å². The smallest absolute Gasteiger partial charge is 0.249 e. The van der Waals surface area contributed by atoms with Crippen LogP contribution in [0.15, 0.2) is 34.5 Å². The maximum atomic E-state index is 11.7. The molecular formula is C14H16N4O3. The maximum absolute atomic E-state index is 11.7. The Morgan fingerprint density at radius 2 is 2.19 bits per heavy atom. The molecule has 2 N–H and O–H groups in total. The van der Waals surface area contributed by atoms with Crippen LogP contribution in [0.4, 0.5) is 0 Å². The zero-order chi connectivity index (χ0) is 15.2. The third-order valence-electron chi connectivity index (χ3n) is 3.07. The van der Waals surface area contributed by atoms with Crippen molar-refractivity contribution in [3.8, 4) is 5.75 Å². The van der Waals surface area contributed by atoms with Crippen LogP contribution in [0.5, 0.6) is 5.75 Å². The first-order valence-corrected chi connectivity index (χ1v) is 6.40. The van der Waals surface area contributed by atoms with Gasteiger partial charge in [0.1, 0.15) is 5.75 Å². The van der Waals surface area contributed by atoms with E-state index in [1.165, 1.54) is 6.21 Å². The van der Waals surface area contributed by atoms with Crippen molar-refractivity contribution >= 4 is 23.7 Å². The summed E-state index contributed by atoms with van der Waals surface area (Å²) in [5.74, 6) is -0.363. The summed E-state index contributed by atoms with van der Waals surface area (Å²) in [7, 11) is 1.59. The predicted octanol–water partition coefficient (Wildman–Crippen LogP) is 0.657. The maximum Gasteiger partial charge on any atom is 0.249 e. The van der Waals surface area contributed by atoms with E-state index >= 15 is 0 Å². The second kappa shape index (κ2) is 6.65. The first kappa shape index (κ1) is 14.7. The number of ether oxygens (including phenoxy) is 1. The molecule has 1 aromatic carbocycles. The molecule has 1 aliphatic heterocycles. The summed E-state index contributed by atoms with van der Waals surface area (Å²) in [5, 5.41) is 7.63. The van der Waals surface area contributed by atoms with E-state index in [1.807, 2.05) is 12.1 Å². The van der Waals surface area contributed by atoms with Gasteiger partial charge in [0.25, 0.3) is 0 Å². The van der Waals surface area contributed by atoms with Gasteiger partial charge in [-0.15, -0.1) is 0 Å². The van der Waals surface area contributed by atoms with Gasteiger partial charge in [-0.05, 0) is 36.8 Å². The Morgan fingerprint density at radius 1 is 1.48 bits per heavy atom. The van der Waals surface area contributed by atoms with Gasteiger partial charge in [0.05, 0.1) is 19.2 Å². The third kappa shape index (κ3) is 3.88. The summed E-state index contributed by atoms with van der Waals surface area (Å²) in [6, 6.07) is 7.23. The van der Waals surface area contributed by atoms with Crippen LogP contribution in [0.25, 0.3) is 0 Å². The molecule has 1 heterocycles. The van der Waals surface area contributed by atoms with Crippen molar-refractivity contribution in [1.82, 2.24) is 10.9 Å². The van der Waals surface area contributed by atoms with E-state index in [0.29, 0.717) is 5.71 Å². The van der Waals surface area contributed by atoms with E-state index in [-0.39, 0.29) is 18.2 Å². The first-order chi connectivity index (χ1) is 10.1. The molecule has 0 fully saturated rings. The van der Waals surface area contributed by atoms with E-state index in [1.54, 1.807) is 26.2 Å². The molecule has 2 amide bonds. The Bertz CT molecular complexity index is 593. The molecule has 0 radical (unpaired) electrons. The molecule has 2 rings (SSSR count). The fraction of sp³-hybridized carbons (Fsp3) is 0.286. The van der Waals surface area contributed by atoms with Gasteiger partial charge in [-0.3, -0.25) is 9.59 Å². The largest absolute Gasteiger partial charge is 0.497 e. The summed E-state index contributed by atoms with van der Waals surface area (Å²) >= 11 is 0. The van der Waals surface area contributed by atoms with E-state index < -0.39 is 5.92 Å². The molecule has 21 heavy (non-hydrogen) atoms. The fourth-order valence-corrected chi connectivity index (χ4v) is 1.83. The van der Waals surface area contributed by atoms with Crippen molar-refractivity contribution in [3.05, 3.63) is 29.8 Å². The normalized spacial score (nSPS) is 17.5. The molecule has 1 atom stereocenters. The van der Waals surface area contributed by atoms with E-state index in [9.17, 15) is 9.59 Å². The van der Waals surface area contributed by atoms with Crippen LogP contribution in [-0.4, -0.2) is 30.9 Å². The Kier molecular flexibility index (Phi) is 4.65. The molecule has 0 saturated carbocycles. The summed E-state index contributed by atoms with van der Waals surface area (Å²) in [4.78, 5) is 23.1. The van der Waals surface area contributed by atoms with Crippen molar-refractivity contribution in [2.24, 2.45) is 16.1 Å². The lowest BCUT2D eigenvalue weighted by molar-refractivity contribution is -0.127. The number of hydrazone groups is 2. The minimum Gasteiger partial charge on any atom is -0.497 e. The van der Waals surface area contributed by atoms with Crippen LogP contribution in [0.1, 0.15) is 18.9 Å². The molecule has 1 aliphatic rings. The molecule has 0 spiro atoms. The Morgan fingerprint density at radius 3 is 2.76 bits per heavy atom. The SMILES string of the molecule is COc1ccc(C=NNC(=O)CC2C(=O)NN=C2C)cc1. The summed E-state index contributed by atoms with van der Waals surface area (Å²) in [6.45, 7) is 1.70. The lowest BCUT2D eigenvalue weighted by Gasteiger charge is -2.05. The number of benzene rings is 1. The van der Waals surface area contributed by atoms with Gasteiger partial charge in [0.2, 0.25) is 11.8 Å². The first-order valence-electron chi connectivity index (χ1n) is 6.40. The molecule has 0 aromatic heterocycles. The van der Waals surface area contributed by atoms with Crippen LogP contribution >= 0.6 is 0 Å². The molecule has 0 aliphatic carbocycles. The number of rotatable bonds is 5. The van der Waals surface area contributed by atoms with Crippen LogP contribution in [-0.2, 0) is 9.59 Å². The van der Waals surface area contributed by atoms with E-state index in [4.69, 9.17) is 4.74 Å². The second-order valence-electron chi connectivity index (χ2n) is 4.55. The van der Waals surface area contributed by atoms with Gasteiger partial charge in [-0.25, -0.2) is 10.9 Å². The van der Waals surface area contributed by atoms with Crippen LogP contribution in [0, 0.1) is 5.92 Å². The molecule has 7 nitrogen and oxygen atoms in total. The molecular weight excluding hydrogens is 272 g/mol. The van der Waals surface area contributed by atoms with Crippen LogP contribution in [0.2, 0.25) is 0 Å². The molecule has 110 valence electrons. The van der Waals surface area contributed by atoms with Crippen molar-refractivity contribution < 1.29 is 14.3 Å². The Balaban J connectivity index is 1.84. The number of nitrogens with one attached hydrogen (secondary N) is 2. The average molecular weight is 288 g/mol. The number of carbonyl (C=O) groups excluding carboxylic acids is 2. The predicted molar refractivity (Wildman–Crippen MR) is 78.1 cm³/mol. The van der Waals surface area contributed by atoms with Crippen molar-refractivity contribution in [2.75, 3.05) is 7.11 Å². The van der Waals surface area contributed by atoms with Crippen LogP contribution in [0.3, 0.4) is 0 Å². The Labute approximate surface area is 122 Å². The highest BCUT2D eigenvalue weighted by molar-refractivity contribution is 6.09. The minimum atomic E-state index is -0.513. The van der Waals surface area contributed by atoms with Gasteiger partial charge in [-0.1, -0.05) is 0 Å². The number of hydrogen-bond donors (Lipinski definition) is 2. The van der Waals surface area contributed by atoms with Crippen molar-refractivity contribution in [1.29, 1.82) is 0 Å². The van der Waals surface area contributed by atoms with Gasteiger partial charge in [0, 0.05) is 12.1 Å². The van der Waals surface area contributed by atoms with Gasteiger partial charge < -0.3 is 4.74 Å². The highest BCUT2D eigenvalue weighted by atomic mass is 16.5. The highest BCUT2D eigenvalue weighted by Gasteiger charge is 2.28. The molecule has 1 aromatic rings. The minimum absolute atomic E-state index is 0.0289. The molecule has 0 bridgehead atoms. The Hall–Kier alpha value is -2.70. The second-order valence-corrected chi connectivity index (χ2v) is 4.55. The van der Waals surface area contributed by atoms with E-state index in [0.717, 1.165) is 11.3 Å². The number of hydrogen-bond acceptors (Lipinski definition) is 5. The number of amides is 2. The standard InChI is InChI=1S/C14H16N4O3/c1-9-12(14(20)18-16-9)7-13(19)17-15-8-10-3-5-11(21-2)6-4-10/h3-6,8,12H,7H2,1-2H3,(H,17,19)(H,18,20). The molecule has 7 heteroatoms. The monoisotopic (exact) mass is 288 g/mol. The van der Waals surface area contributed by atoms with E-state index in [2.05, 4.69) is 21.1 Å². The average Bonchev–Trinajstić information content (AvgIpc) is 2.80. The fourth-order valence-electron chi connectivity index (χ4n) is 1.83. The lowest BCUT2D eigenvalue weighted by atomic mass is 10.0. The number of nitrogens with zero attached hydrogens (tertiary/aromatic N) is 2. The quantitative estimate of drug-likeness (QED) is 0.615. The zero-order valence-electron chi connectivity index (χ0n) is 11.8. The van der Waals surface area contributed by atoms with Crippen molar-refractivity contribution in [3.63, 3.8) is 0 Å². The van der Waals surface area contributed by atoms with Gasteiger partial charge >= 0.3 is 0 Å². The van der Waals surface area contributed by atoms with Gasteiger partial charge in [0.15, 0.2) is 0 Å². The number of carbonyl (C=O) groups is 2. The van der Waals surface area contributed by atoms with Crippen molar-refractivity contribution in [2.45, 2.75) is 13.3 Å². The summed E-state index contributed by atoms with van der Waals surface area (Å²) in [6.07, 6.45) is 1.55. The highest BCUT2D eigenvalue weighted by Crippen LogP contribution is 2.11. The lowest BCUT2D eigenvalue weighted by Crippen LogP contribution is -2.29. The molecule has 0 saturated heterocycles. The van der Waals surface area contributed by atoms with Gasteiger partial charge in [-0.2, -0.15) is 10.2 Å².